The summed E-state index contributed by atoms with van der Waals surface area (Å²) in [6.07, 6.45) is 1.41. The molecule has 0 bridgehead atoms. The third-order valence-corrected chi connectivity index (χ3v) is 1.21. The van der Waals surface area contributed by atoms with Crippen molar-refractivity contribution >= 4 is 12.1 Å². The van der Waals surface area contributed by atoms with E-state index in [1.807, 2.05) is 0 Å². The van der Waals surface area contributed by atoms with Gasteiger partial charge in [0.2, 0.25) is 0 Å². The molecule has 13 heavy (non-hydrogen) atoms. The first kappa shape index (κ1) is 9.24. The second-order valence-corrected chi connectivity index (χ2v) is 2.52. The maximum atomic E-state index is 10.2. The average Bonchev–Trinajstić information content (AvgIpc) is 2.48. The SMILES string of the molecule is CN(C)/N=C/c1ccc([N+](=O)[O-])o1. The van der Waals surface area contributed by atoms with Gasteiger partial charge in [-0.25, -0.2) is 0 Å². The van der Waals surface area contributed by atoms with Crippen LogP contribution >= 0.6 is 0 Å². The summed E-state index contributed by atoms with van der Waals surface area (Å²) in [7, 11) is 3.49. The minimum atomic E-state index is -0.590. The quantitative estimate of drug-likeness (QED) is 0.399. The summed E-state index contributed by atoms with van der Waals surface area (Å²) < 4.78 is 4.82. The highest BCUT2D eigenvalue weighted by atomic mass is 16.6. The van der Waals surface area contributed by atoms with Gasteiger partial charge in [0.15, 0.2) is 5.76 Å². The molecule has 6 heteroatoms. The first-order valence-electron chi connectivity index (χ1n) is 3.55. The Labute approximate surface area is 74.6 Å². The Morgan fingerprint density at radius 1 is 1.62 bits per heavy atom. The zero-order valence-electron chi connectivity index (χ0n) is 7.30. The van der Waals surface area contributed by atoms with Gasteiger partial charge < -0.3 is 9.43 Å². The second-order valence-electron chi connectivity index (χ2n) is 2.52. The van der Waals surface area contributed by atoms with Crippen molar-refractivity contribution in [3.05, 3.63) is 28.0 Å². The lowest BCUT2D eigenvalue weighted by Crippen LogP contribution is -2.01. The monoisotopic (exact) mass is 183 g/mol. The fourth-order valence-corrected chi connectivity index (χ4v) is 0.682. The third kappa shape index (κ3) is 2.58. The molecule has 0 aliphatic heterocycles. The van der Waals surface area contributed by atoms with Gasteiger partial charge in [-0.1, -0.05) is 0 Å². The minimum absolute atomic E-state index is 0.278. The van der Waals surface area contributed by atoms with Crippen LogP contribution in [0.5, 0.6) is 0 Å². The van der Waals surface area contributed by atoms with E-state index in [-0.39, 0.29) is 5.88 Å². The summed E-state index contributed by atoms with van der Waals surface area (Å²) in [6.45, 7) is 0. The molecule has 1 heterocycles. The van der Waals surface area contributed by atoms with E-state index in [0.717, 1.165) is 0 Å². The van der Waals surface area contributed by atoms with E-state index < -0.39 is 4.92 Å². The zero-order chi connectivity index (χ0) is 9.84. The van der Waals surface area contributed by atoms with Gasteiger partial charge in [0, 0.05) is 14.1 Å². The number of nitro groups is 1. The molecule has 70 valence electrons. The first-order valence-corrected chi connectivity index (χ1v) is 3.55. The predicted molar refractivity (Wildman–Crippen MR) is 46.6 cm³/mol. The van der Waals surface area contributed by atoms with Crippen molar-refractivity contribution in [1.29, 1.82) is 0 Å². The van der Waals surface area contributed by atoms with Gasteiger partial charge in [0.1, 0.15) is 4.92 Å². The van der Waals surface area contributed by atoms with E-state index in [1.54, 1.807) is 19.1 Å². The zero-order valence-corrected chi connectivity index (χ0v) is 7.30. The van der Waals surface area contributed by atoms with Gasteiger partial charge >= 0.3 is 5.88 Å². The highest BCUT2D eigenvalue weighted by molar-refractivity contribution is 5.75. The van der Waals surface area contributed by atoms with E-state index in [2.05, 4.69) is 5.10 Å². The van der Waals surface area contributed by atoms with E-state index in [4.69, 9.17) is 4.42 Å². The lowest BCUT2D eigenvalue weighted by atomic mass is 10.5. The summed E-state index contributed by atoms with van der Waals surface area (Å²) in [5.74, 6) is 0.0839. The maximum absolute atomic E-state index is 10.2. The Morgan fingerprint density at radius 3 is 2.77 bits per heavy atom. The molecule has 0 aromatic carbocycles. The largest absolute Gasteiger partial charge is 0.433 e. The van der Waals surface area contributed by atoms with Crippen molar-refractivity contribution in [2.24, 2.45) is 5.10 Å². The lowest BCUT2D eigenvalue weighted by molar-refractivity contribution is -0.402. The summed E-state index contributed by atoms with van der Waals surface area (Å²) in [5, 5.41) is 15.6. The highest BCUT2D eigenvalue weighted by Gasteiger charge is 2.09. The molecule has 0 fully saturated rings. The molecular formula is C7H9N3O3. The van der Waals surface area contributed by atoms with Gasteiger partial charge in [-0.05, 0) is 6.07 Å². The van der Waals surface area contributed by atoms with Gasteiger partial charge in [-0.2, -0.15) is 5.10 Å². The Balaban J connectivity index is 2.75. The number of hydrogen-bond donors (Lipinski definition) is 0. The molecule has 6 nitrogen and oxygen atoms in total. The van der Waals surface area contributed by atoms with Gasteiger partial charge in [-0.15, -0.1) is 0 Å². The molecule has 0 amide bonds. The molecule has 0 unspecified atom stereocenters. The molecule has 0 saturated heterocycles. The van der Waals surface area contributed by atoms with Crippen LogP contribution in [0.15, 0.2) is 21.7 Å². The average molecular weight is 183 g/mol. The molecule has 0 saturated carbocycles. The van der Waals surface area contributed by atoms with Crippen molar-refractivity contribution in [3.8, 4) is 0 Å². The van der Waals surface area contributed by atoms with Crippen molar-refractivity contribution in [2.75, 3.05) is 14.1 Å². The van der Waals surface area contributed by atoms with E-state index in [9.17, 15) is 10.1 Å². The molecule has 0 N–H and O–H groups in total. The Kier molecular flexibility index (Phi) is 2.63. The summed E-state index contributed by atoms with van der Waals surface area (Å²) in [6, 6.07) is 2.78. The first-order chi connectivity index (χ1) is 6.09. The van der Waals surface area contributed by atoms with Crippen LogP contribution in [0, 0.1) is 10.1 Å². The van der Waals surface area contributed by atoms with Crippen molar-refractivity contribution in [2.45, 2.75) is 0 Å². The molecule has 0 aliphatic rings. The van der Waals surface area contributed by atoms with Crippen molar-refractivity contribution < 1.29 is 9.34 Å². The summed E-state index contributed by atoms with van der Waals surface area (Å²) in [5.41, 5.74) is 0. The van der Waals surface area contributed by atoms with Gasteiger partial charge in [0.25, 0.3) is 0 Å². The molecule has 1 aromatic heterocycles. The van der Waals surface area contributed by atoms with Crippen LogP contribution in [0.1, 0.15) is 5.76 Å². The third-order valence-electron chi connectivity index (χ3n) is 1.21. The molecule has 0 aliphatic carbocycles. The van der Waals surface area contributed by atoms with Gasteiger partial charge in [-0.3, -0.25) is 10.1 Å². The number of furan rings is 1. The smallest absolute Gasteiger partial charge is 0.400 e. The molecule has 0 spiro atoms. The topological polar surface area (TPSA) is 71.9 Å². The van der Waals surface area contributed by atoms with Crippen LogP contribution in [0.2, 0.25) is 0 Å². The van der Waals surface area contributed by atoms with Crippen LogP contribution < -0.4 is 0 Å². The highest BCUT2D eigenvalue weighted by Crippen LogP contribution is 2.13. The number of hydrogen-bond acceptors (Lipinski definition) is 5. The number of nitrogens with zero attached hydrogens (tertiary/aromatic N) is 3. The van der Waals surface area contributed by atoms with Crippen LogP contribution in [0.25, 0.3) is 0 Å². The fraction of sp³-hybridized carbons (Fsp3) is 0.286. The number of hydrazone groups is 1. The lowest BCUT2D eigenvalue weighted by Gasteiger charge is -1.99. The fourth-order valence-electron chi connectivity index (χ4n) is 0.682. The molecule has 0 radical (unpaired) electrons. The second kappa shape index (κ2) is 3.70. The molecule has 0 atom stereocenters. The standard InChI is InChI=1S/C7H9N3O3/c1-9(2)8-5-6-3-4-7(13-6)10(11)12/h3-5H,1-2H3/b8-5+. The van der Waals surface area contributed by atoms with Crippen LogP contribution in [0.4, 0.5) is 5.88 Å². The van der Waals surface area contributed by atoms with Crippen LogP contribution in [-0.4, -0.2) is 30.2 Å². The summed E-state index contributed by atoms with van der Waals surface area (Å²) >= 11 is 0. The molecule has 1 rings (SSSR count). The van der Waals surface area contributed by atoms with E-state index >= 15 is 0 Å². The van der Waals surface area contributed by atoms with E-state index in [1.165, 1.54) is 18.3 Å². The van der Waals surface area contributed by atoms with E-state index in [0.29, 0.717) is 5.76 Å². The predicted octanol–water partition coefficient (Wildman–Crippen LogP) is 1.08. The van der Waals surface area contributed by atoms with Crippen LogP contribution in [-0.2, 0) is 0 Å². The Hall–Kier alpha value is -1.85. The number of rotatable bonds is 3. The Bertz CT molecular complexity index is 329. The molecule has 1 aromatic rings. The minimum Gasteiger partial charge on any atom is -0.400 e. The van der Waals surface area contributed by atoms with Gasteiger partial charge in [0.05, 0.1) is 12.3 Å². The van der Waals surface area contributed by atoms with Crippen molar-refractivity contribution in [3.63, 3.8) is 0 Å². The maximum Gasteiger partial charge on any atom is 0.433 e. The Morgan fingerprint density at radius 2 is 2.31 bits per heavy atom. The molecular weight excluding hydrogens is 174 g/mol. The summed E-state index contributed by atoms with van der Waals surface area (Å²) in [4.78, 5) is 9.62. The van der Waals surface area contributed by atoms with Crippen LogP contribution in [0.3, 0.4) is 0 Å². The van der Waals surface area contributed by atoms with Crippen molar-refractivity contribution in [1.82, 2.24) is 5.01 Å². The normalized spacial score (nSPS) is 10.6.